The number of alkyl halides is 3. The van der Waals surface area contributed by atoms with Crippen molar-refractivity contribution >= 4 is 24.2 Å². The molecule has 36 heavy (non-hydrogen) atoms. The van der Waals surface area contributed by atoms with Crippen molar-refractivity contribution in [1.82, 2.24) is 0 Å². The largest absolute Gasteiger partial charge is 0.416 e. The zero-order valence-corrected chi connectivity index (χ0v) is 22.1. The molecule has 0 saturated heterocycles. The van der Waals surface area contributed by atoms with E-state index in [1.165, 1.54) is 17.7 Å². The minimum Gasteiger partial charge on any atom is -0.373 e. The van der Waals surface area contributed by atoms with E-state index in [2.05, 4.69) is 62.5 Å². The minimum atomic E-state index is -4.38. The first-order valence-corrected chi connectivity index (χ1v) is 13.4. The van der Waals surface area contributed by atoms with Gasteiger partial charge in [0.25, 0.3) is 0 Å². The lowest BCUT2D eigenvalue weighted by Gasteiger charge is -2.34. The van der Waals surface area contributed by atoms with Gasteiger partial charge in [-0.25, -0.2) is 0 Å². The van der Waals surface area contributed by atoms with Gasteiger partial charge in [0, 0.05) is 5.69 Å². The summed E-state index contributed by atoms with van der Waals surface area (Å²) in [5, 5.41) is 6.17. The van der Waals surface area contributed by atoms with E-state index < -0.39 is 19.7 Å². The van der Waals surface area contributed by atoms with Gasteiger partial charge in [-0.3, -0.25) is 0 Å². The predicted octanol–water partition coefficient (Wildman–Crippen LogP) is 8.49. The van der Waals surface area contributed by atoms with Crippen molar-refractivity contribution in [3.63, 3.8) is 0 Å². The monoisotopic (exact) mass is 505 g/mol. The molecule has 0 heterocycles. The van der Waals surface area contributed by atoms with Gasteiger partial charge in [-0.05, 0) is 93.1 Å². The van der Waals surface area contributed by atoms with Crippen molar-refractivity contribution in [1.29, 1.82) is 0 Å². The molecule has 0 aliphatic heterocycles. The number of benzene rings is 4. The quantitative estimate of drug-likeness (QED) is 0.259. The smallest absolute Gasteiger partial charge is 0.373 e. The fourth-order valence-corrected chi connectivity index (χ4v) is 7.81. The van der Waals surface area contributed by atoms with Gasteiger partial charge in [0.2, 0.25) is 0 Å². The Hall–Kier alpha value is -3.10. The molecule has 5 heteroatoms. The average Bonchev–Trinajstić information content (AvgIpc) is 2.81. The molecular formula is C31H31F3NP. The minimum absolute atomic E-state index is 0.229. The molecule has 0 spiro atoms. The molecule has 0 radical (unpaired) electrons. The van der Waals surface area contributed by atoms with Crippen molar-refractivity contribution < 1.29 is 13.2 Å². The van der Waals surface area contributed by atoms with E-state index in [-0.39, 0.29) is 5.78 Å². The number of anilines is 1. The molecule has 0 amide bonds. The van der Waals surface area contributed by atoms with Gasteiger partial charge in [0.05, 0.1) is 11.3 Å². The first-order valence-electron chi connectivity index (χ1n) is 12.0. The first kappa shape index (κ1) is 26.0. The number of aryl methyl sites for hydroxylation is 5. The van der Waals surface area contributed by atoms with Gasteiger partial charge in [-0.2, -0.15) is 13.2 Å². The van der Waals surface area contributed by atoms with Crippen LogP contribution in [-0.4, -0.2) is 0 Å². The zero-order chi connectivity index (χ0) is 26.0. The van der Waals surface area contributed by atoms with Crippen LogP contribution in [0, 0.1) is 34.6 Å². The van der Waals surface area contributed by atoms with E-state index in [0.717, 1.165) is 33.0 Å². The van der Waals surface area contributed by atoms with Gasteiger partial charge in [-0.1, -0.05) is 78.4 Å². The Labute approximate surface area is 213 Å². The Kier molecular flexibility index (Phi) is 7.57. The van der Waals surface area contributed by atoms with E-state index in [9.17, 15) is 13.2 Å². The van der Waals surface area contributed by atoms with Crippen molar-refractivity contribution in [3.05, 3.63) is 124 Å². The summed E-state index contributed by atoms with van der Waals surface area (Å²) < 4.78 is 40.9. The molecule has 1 N–H and O–H groups in total. The number of hydrogen-bond acceptors (Lipinski definition) is 1. The third kappa shape index (κ3) is 5.50. The van der Waals surface area contributed by atoms with Gasteiger partial charge in [-0.15, -0.1) is 0 Å². The Morgan fingerprint density at radius 1 is 0.639 bits per heavy atom. The van der Waals surface area contributed by atoms with Crippen molar-refractivity contribution in [2.24, 2.45) is 0 Å². The highest BCUT2D eigenvalue weighted by molar-refractivity contribution is 7.73. The second-order valence-corrected chi connectivity index (χ2v) is 11.7. The lowest BCUT2D eigenvalue weighted by atomic mass is 9.98. The molecule has 0 saturated carbocycles. The van der Waals surface area contributed by atoms with Crippen molar-refractivity contribution in [2.45, 2.75) is 46.6 Å². The molecule has 1 atom stereocenters. The van der Waals surface area contributed by atoms with E-state index in [1.54, 1.807) is 13.8 Å². The topological polar surface area (TPSA) is 12.0 Å². The third-order valence-corrected chi connectivity index (χ3v) is 9.09. The molecule has 0 aliphatic rings. The maximum absolute atomic E-state index is 13.6. The summed E-state index contributed by atoms with van der Waals surface area (Å²) in [6.45, 7) is 9.83. The second-order valence-electron chi connectivity index (χ2n) is 9.38. The van der Waals surface area contributed by atoms with Crippen molar-refractivity contribution in [3.8, 4) is 0 Å². The van der Waals surface area contributed by atoms with E-state index in [4.69, 9.17) is 0 Å². The fourth-order valence-electron chi connectivity index (χ4n) is 5.00. The summed E-state index contributed by atoms with van der Waals surface area (Å²) in [5.74, 6) is -0.229. The fraction of sp³-hybridized carbons (Fsp3) is 0.226. The Bertz CT molecular complexity index is 1260. The standard InChI is InChI=1S/C31H31F3NP/c1-20-16-23(4)29(24(5)17-20)35-30(28-21(2)18-25(19-22(28)3)31(32,33)34)36(26-12-8-6-9-13-26)27-14-10-7-11-15-27/h6-19,30,35H,1-5H3. The zero-order valence-electron chi connectivity index (χ0n) is 21.2. The molecular weight excluding hydrogens is 474 g/mol. The molecule has 186 valence electrons. The molecule has 4 aromatic rings. The lowest BCUT2D eigenvalue weighted by Crippen LogP contribution is -2.24. The Morgan fingerprint density at radius 3 is 1.50 bits per heavy atom. The molecule has 4 rings (SSSR count). The normalized spacial score (nSPS) is 12.6. The highest BCUT2D eigenvalue weighted by Gasteiger charge is 2.34. The van der Waals surface area contributed by atoms with E-state index >= 15 is 0 Å². The molecule has 0 fully saturated rings. The summed E-state index contributed by atoms with van der Waals surface area (Å²) in [4.78, 5) is 0. The van der Waals surface area contributed by atoms with Crippen LogP contribution < -0.4 is 15.9 Å². The number of nitrogens with one attached hydrogen (secondary N) is 1. The molecule has 0 aromatic heterocycles. The van der Waals surface area contributed by atoms with Crippen LogP contribution in [0.1, 0.15) is 44.7 Å². The van der Waals surface area contributed by atoms with Crippen LogP contribution in [-0.2, 0) is 6.18 Å². The van der Waals surface area contributed by atoms with Crippen LogP contribution in [0.3, 0.4) is 0 Å². The lowest BCUT2D eigenvalue weighted by molar-refractivity contribution is -0.137. The van der Waals surface area contributed by atoms with Gasteiger partial charge < -0.3 is 5.32 Å². The summed E-state index contributed by atoms with van der Waals surface area (Å²) in [5.41, 5.74) is 6.05. The van der Waals surface area contributed by atoms with Crippen LogP contribution in [0.4, 0.5) is 18.9 Å². The third-order valence-electron chi connectivity index (χ3n) is 6.48. The highest BCUT2D eigenvalue weighted by atomic mass is 31.1. The molecule has 0 bridgehead atoms. The second kappa shape index (κ2) is 10.5. The molecule has 1 unspecified atom stereocenters. The summed E-state index contributed by atoms with van der Waals surface area (Å²) in [6, 6.07) is 27.4. The van der Waals surface area contributed by atoms with Crippen molar-refractivity contribution in [2.75, 3.05) is 5.32 Å². The highest BCUT2D eigenvalue weighted by Crippen LogP contribution is 2.52. The summed E-state index contributed by atoms with van der Waals surface area (Å²) in [7, 11) is -1.01. The van der Waals surface area contributed by atoms with Gasteiger partial charge >= 0.3 is 6.18 Å². The van der Waals surface area contributed by atoms with Crippen LogP contribution >= 0.6 is 7.92 Å². The number of rotatable bonds is 6. The predicted molar refractivity (Wildman–Crippen MR) is 147 cm³/mol. The van der Waals surface area contributed by atoms with Crippen LogP contribution in [0.2, 0.25) is 0 Å². The molecule has 1 nitrogen and oxygen atoms in total. The Balaban J connectivity index is 1.98. The molecule has 4 aromatic carbocycles. The van der Waals surface area contributed by atoms with Crippen LogP contribution in [0.15, 0.2) is 84.9 Å². The van der Waals surface area contributed by atoms with Crippen LogP contribution in [0.25, 0.3) is 0 Å². The van der Waals surface area contributed by atoms with E-state index in [0.29, 0.717) is 11.1 Å². The molecule has 0 aliphatic carbocycles. The maximum Gasteiger partial charge on any atom is 0.416 e. The average molecular weight is 506 g/mol. The SMILES string of the molecule is Cc1cc(C)c(NC(c2c(C)cc(C(F)(F)F)cc2C)P(c2ccccc2)c2ccccc2)c(C)c1. The first-order chi connectivity index (χ1) is 17.1. The Morgan fingerprint density at radius 2 is 1.08 bits per heavy atom. The number of hydrogen-bond donors (Lipinski definition) is 1. The summed E-state index contributed by atoms with van der Waals surface area (Å²) in [6.07, 6.45) is -4.38. The van der Waals surface area contributed by atoms with Gasteiger partial charge in [0.15, 0.2) is 0 Å². The van der Waals surface area contributed by atoms with E-state index in [1.807, 2.05) is 36.4 Å². The number of halogens is 3. The summed E-state index contributed by atoms with van der Waals surface area (Å²) >= 11 is 0. The maximum atomic E-state index is 13.6. The van der Waals surface area contributed by atoms with Gasteiger partial charge in [0.1, 0.15) is 0 Å². The van der Waals surface area contributed by atoms with Crippen LogP contribution in [0.5, 0.6) is 0 Å².